The average Bonchev–Trinajstić information content (AvgIpc) is 3.24. The summed E-state index contributed by atoms with van der Waals surface area (Å²) in [5, 5.41) is 4.78. The van der Waals surface area contributed by atoms with Gasteiger partial charge in [0.1, 0.15) is 29.9 Å². The highest BCUT2D eigenvalue weighted by Gasteiger charge is 2.27. The topological polar surface area (TPSA) is 70.4 Å². The molecule has 1 aromatic heterocycles. The maximum Gasteiger partial charge on any atom is 0.342 e. The van der Waals surface area contributed by atoms with E-state index in [0.717, 1.165) is 17.5 Å². The summed E-state index contributed by atoms with van der Waals surface area (Å²) in [6.07, 6.45) is 0.777. The summed E-state index contributed by atoms with van der Waals surface area (Å²) in [7, 11) is 0. The number of carbonyl (C=O) groups is 2. The van der Waals surface area contributed by atoms with Crippen LogP contribution >= 0.6 is 0 Å². The van der Waals surface area contributed by atoms with Gasteiger partial charge in [0.2, 0.25) is 0 Å². The molecule has 0 aliphatic heterocycles. The molecule has 0 bridgehead atoms. The number of rotatable bonds is 8. The van der Waals surface area contributed by atoms with Crippen molar-refractivity contribution in [1.82, 2.24) is 9.78 Å². The Kier molecular flexibility index (Phi) is 6.41. The second kappa shape index (κ2) is 9.75. The van der Waals surface area contributed by atoms with Gasteiger partial charge in [0.25, 0.3) is 0 Å². The highest BCUT2D eigenvalue weighted by Crippen LogP contribution is 2.29. The lowest BCUT2D eigenvalue weighted by molar-refractivity contribution is 0.0524. The first-order valence-electron chi connectivity index (χ1n) is 10.3. The van der Waals surface area contributed by atoms with Gasteiger partial charge in [-0.25, -0.2) is 9.48 Å². The maximum absolute atomic E-state index is 13.0. The van der Waals surface area contributed by atoms with Crippen LogP contribution in [0.3, 0.4) is 0 Å². The van der Waals surface area contributed by atoms with Crippen molar-refractivity contribution in [2.75, 3.05) is 6.61 Å². The number of hydrogen-bond donors (Lipinski definition) is 0. The molecule has 0 aliphatic rings. The van der Waals surface area contributed by atoms with Crippen molar-refractivity contribution in [3.05, 3.63) is 102 Å². The van der Waals surface area contributed by atoms with Crippen LogP contribution in [0.15, 0.2) is 84.9 Å². The Morgan fingerprint density at radius 1 is 0.938 bits per heavy atom. The van der Waals surface area contributed by atoms with E-state index in [1.54, 1.807) is 35.9 Å². The molecule has 0 saturated heterocycles. The minimum absolute atomic E-state index is 0.0866. The van der Waals surface area contributed by atoms with E-state index in [4.69, 9.17) is 14.6 Å². The van der Waals surface area contributed by atoms with Crippen molar-refractivity contribution >= 4 is 12.3 Å². The van der Waals surface area contributed by atoms with Crippen LogP contribution in [0.1, 0.15) is 33.3 Å². The maximum atomic E-state index is 13.0. The van der Waals surface area contributed by atoms with E-state index in [1.165, 1.54) is 0 Å². The zero-order valence-corrected chi connectivity index (χ0v) is 17.6. The number of para-hydroxylation sites is 1. The van der Waals surface area contributed by atoms with Gasteiger partial charge in [-0.2, -0.15) is 5.10 Å². The van der Waals surface area contributed by atoms with Crippen LogP contribution in [-0.2, 0) is 11.3 Å². The molecular weight excluding hydrogens is 404 g/mol. The van der Waals surface area contributed by atoms with Gasteiger partial charge in [-0.05, 0) is 43.3 Å². The standard InChI is InChI=1S/C26H22N2O4/c1-2-31-26(30)24-23(18-32-22-15-13-19(17-29)14-16-22)28(21-11-7-4-8-12-21)27-25(24)20-9-5-3-6-10-20/h3-17H,2,18H2,1H3. The lowest BCUT2D eigenvalue weighted by Gasteiger charge is -2.11. The van der Waals surface area contributed by atoms with Crippen LogP contribution in [0, 0.1) is 0 Å². The van der Waals surface area contributed by atoms with Crippen molar-refractivity contribution in [2.45, 2.75) is 13.5 Å². The Hall–Kier alpha value is -4.19. The van der Waals surface area contributed by atoms with Gasteiger partial charge in [0, 0.05) is 11.1 Å². The molecule has 1 heterocycles. The molecule has 4 aromatic rings. The molecule has 160 valence electrons. The molecule has 0 unspecified atom stereocenters. The average molecular weight is 426 g/mol. The Balaban J connectivity index is 1.82. The summed E-state index contributed by atoms with van der Waals surface area (Å²) in [6.45, 7) is 2.10. The predicted molar refractivity (Wildman–Crippen MR) is 121 cm³/mol. The normalized spacial score (nSPS) is 10.5. The van der Waals surface area contributed by atoms with E-state index in [1.807, 2.05) is 60.7 Å². The Labute approximate surface area is 186 Å². The summed E-state index contributed by atoms with van der Waals surface area (Å²) < 4.78 is 13.1. The molecule has 0 fully saturated rings. The fraction of sp³-hybridized carbons (Fsp3) is 0.115. The van der Waals surface area contributed by atoms with Crippen molar-refractivity contribution in [2.24, 2.45) is 0 Å². The second-order valence-electron chi connectivity index (χ2n) is 6.98. The van der Waals surface area contributed by atoms with Gasteiger partial charge in [-0.3, -0.25) is 4.79 Å². The summed E-state index contributed by atoms with van der Waals surface area (Å²) in [5.41, 5.74) is 3.64. The highest BCUT2D eigenvalue weighted by atomic mass is 16.5. The molecule has 0 saturated carbocycles. The minimum atomic E-state index is -0.455. The van der Waals surface area contributed by atoms with Gasteiger partial charge in [-0.15, -0.1) is 0 Å². The van der Waals surface area contributed by atoms with Crippen LogP contribution in [0.4, 0.5) is 0 Å². The highest BCUT2D eigenvalue weighted by molar-refractivity contribution is 5.97. The van der Waals surface area contributed by atoms with E-state index < -0.39 is 5.97 Å². The second-order valence-corrected chi connectivity index (χ2v) is 6.98. The fourth-order valence-corrected chi connectivity index (χ4v) is 3.38. The SMILES string of the molecule is CCOC(=O)c1c(-c2ccccc2)nn(-c2ccccc2)c1COc1ccc(C=O)cc1. The Morgan fingerprint density at radius 3 is 2.22 bits per heavy atom. The molecule has 4 rings (SSSR count). The monoisotopic (exact) mass is 426 g/mol. The summed E-state index contributed by atoms with van der Waals surface area (Å²) >= 11 is 0. The number of esters is 1. The smallest absolute Gasteiger partial charge is 0.342 e. The van der Waals surface area contributed by atoms with Gasteiger partial charge < -0.3 is 9.47 Å². The zero-order valence-electron chi connectivity index (χ0n) is 17.6. The Bertz CT molecular complexity index is 1200. The quantitative estimate of drug-likeness (QED) is 0.289. The largest absolute Gasteiger partial charge is 0.487 e. The first kappa shape index (κ1) is 21.1. The van der Waals surface area contributed by atoms with Crippen LogP contribution in [0.25, 0.3) is 16.9 Å². The van der Waals surface area contributed by atoms with Crippen molar-refractivity contribution in [3.63, 3.8) is 0 Å². The molecule has 6 heteroatoms. The lowest BCUT2D eigenvalue weighted by Crippen LogP contribution is -2.12. The molecule has 0 radical (unpaired) electrons. The number of aromatic nitrogens is 2. The summed E-state index contributed by atoms with van der Waals surface area (Å²) in [6, 6.07) is 25.9. The van der Waals surface area contributed by atoms with Gasteiger partial charge in [-0.1, -0.05) is 48.5 Å². The molecule has 0 aliphatic carbocycles. The third kappa shape index (κ3) is 4.44. The number of nitrogens with zero attached hydrogens (tertiary/aromatic N) is 2. The lowest BCUT2D eigenvalue weighted by atomic mass is 10.1. The first-order chi connectivity index (χ1) is 15.7. The molecule has 0 atom stereocenters. The third-order valence-electron chi connectivity index (χ3n) is 4.90. The van der Waals surface area contributed by atoms with Crippen molar-refractivity contribution in [3.8, 4) is 22.7 Å². The van der Waals surface area contributed by atoms with Gasteiger partial charge in [0.15, 0.2) is 0 Å². The number of carbonyl (C=O) groups excluding carboxylic acids is 2. The van der Waals surface area contributed by atoms with Gasteiger partial charge >= 0.3 is 5.97 Å². The van der Waals surface area contributed by atoms with Crippen molar-refractivity contribution < 1.29 is 19.1 Å². The van der Waals surface area contributed by atoms with E-state index in [2.05, 4.69) is 0 Å². The molecule has 6 nitrogen and oxygen atoms in total. The molecular formula is C26H22N2O4. The molecule has 32 heavy (non-hydrogen) atoms. The molecule has 3 aromatic carbocycles. The fourth-order valence-electron chi connectivity index (χ4n) is 3.38. The van der Waals surface area contributed by atoms with Crippen LogP contribution < -0.4 is 4.74 Å². The number of aldehydes is 1. The molecule has 0 spiro atoms. The number of hydrogen-bond acceptors (Lipinski definition) is 5. The third-order valence-corrected chi connectivity index (χ3v) is 4.90. The number of ether oxygens (including phenoxy) is 2. The van der Waals surface area contributed by atoms with Crippen LogP contribution in [-0.4, -0.2) is 28.6 Å². The van der Waals surface area contributed by atoms with Crippen LogP contribution in [0.5, 0.6) is 5.75 Å². The zero-order chi connectivity index (χ0) is 22.3. The summed E-state index contributed by atoms with van der Waals surface area (Å²) in [4.78, 5) is 23.9. The predicted octanol–water partition coefficient (Wildman–Crippen LogP) is 5.11. The van der Waals surface area contributed by atoms with E-state index in [0.29, 0.717) is 28.3 Å². The molecule has 0 amide bonds. The Morgan fingerprint density at radius 2 is 1.59 bits per heavy atom. The van der Waals surface area contributed by atoms with E-state index in [-0.39, 0.29) is 13.2 Å². The van der Waals surface area contributed by atoms with Gasteiger partial charge in [0.05, 0.1) is 18.0 Å². The molecule has 0 N–H and O–H groups in total. The van der Waals surface area contributed by atoms with Crippen molar-refractivity contribution in [1.29, 1.82) is 0 Å². The minimum Gasteiger partial charge on any atom is -0.487 e. The van der Waals surface area contributed by atoms with E-state index >= 15 is 0 Å². The van der Waals surface area contributed by atoms with Crippen LogP contribution in [0.2, 0.25) is 0 Å². The van der Waals surface area contributed by atoms with E-state index in [9.17, 15) is 9.59 Å². The number of benzene rings is 3. The first-order valence-corrected chi connectivity index (χ1v) is 10.3. The summed E-state index contributed by atoms with van der Waals surface area (Å²) in [5.74, 6) is 0.121.